The molecule has 0 saturated carbocycles. The van der Waals surface area contributed by atoms with Gasteiger partial charge in [-0.3, -0.25) is 4.99 Å². The van der Waals surface area contributed by atoms with Crippen LogP contribution in [0.15, 0.2) is 30.0 Å². The van der Waals surface area contributed by atoms with Crippen molar-refractivity contribution in [1.29, 1.82) is 0 Å². The molecule has 0 spiro atoms. The molecule has 0 aliphatic rings. The molecule has 0 amide bonds. The number of amidine groups is 1. The zero-order chi connectivity index (χ0) is 13.3. The van der Waals surface area contributed by atoms with Crippen LogP contribution in [-0.2, 0) is 0 Å². The molecule has 17 heavy (non-hydrogen) atoms. The van der Waals surface area contributed by atoms with Crippen molar-refractivity contribution in [2.75, 3.05) is 13.6 Å². The number of hydrogen-bond acceptors (Lipinski definition) is 3. The minimum absolute atomic E-state index is 0.363. The molecule has 0 aliphatic carbocycles. The van der Waals surface area contributed by atoms with Crippen molar-refractivity contribution in [3.63, 3.8) is 0 Å². The molecule has 0 aromatic carbocycles. The van der Waals surface area contributed by atoms with E-state index in [2.05, 4.69) is 25.4 Å². The summed E-state index contributed by atoms with van der Waals surface area (Å²) < 4.78 is 0. The highest BCUT2D eigenvalue weighted by molar-refractivity contribution is 5.91. The Balaban J connectivity index is 4.44. The molecular formula is C13H26N4. The number of hydrogen-bond donors (Lipinski definition) is 2. The van der Waals surface area contributed by atoms with E-state index in [-0.39, 0.29) is 0 Å². The van der Waals surface area contributed by atoms with E-state index < -0.39 is 0 Å². The molecule has 0 saturated heterocycles. The Labute approximate surface area is 105 Å². The quantitative estimate of drug-likeness (QED) is 0.499. The summed E-state index contributed by atoms with van der Waals surface area (Å²) in [6, 6.07) is 0.363. The third-order valence-corrected chi connectivity index (χ3v) is 2.98. The van der Waals surface area contributed by atoms with Crippen molar-refractivity contribution in [2.24, 2.45) is 22.4 Å². The monoisotopic (exact) mass is 238 g/mol. The van der Waals surface area contributed by atoms with E-state index in [0.29, 0.717) is 17.8 Å². The van der Waals surface area contributed by atoms with Gasteiger partial charge in [0.1, 0.15) is 5.84 Å². The van der Waals surface area contributed by atoms with Gasteiger partial charge in [-0.15, -0.1) is 0 Å². The van der Waals surface area contributed by atoms with E-state index in [1.165, 1.54) is 0 Å². The van der Waals surface area contributed by atoms with E-state index in [0.717, 1.165) is 19.4 Å². The molecule has 98 valence electrons. The summed E-state index contributed by atoms with van der Waals surface area (Å²) in [5, 5.41) is 0. The van der Waals surface area contributed by atoms with Crippen LogP contribution >= 0.6 is 0 Å². The van der Waals surface area contributed by atoms with Crippen molar-refractivity contribution in [3.05, 3.63) is 25.1 Å². The first-order valence-corrected chi connectivity index (χ1v) is 6.09. The predicted octanol–water partition coefficient (Wildman–Crippen LogP) is 1.70. The van der Waals surface area contributed by atoms with Gasteiger partial charge in [-0.1, -0.05) is 19.9 Å². The van der Waals surface area contributed by atoms with Gasteiger partial charge in [0.15, 0.2) is 0 Å². The van der Waals surface area contributed by atoms with Gasteiger partial charge < -0.3 is 16.4 Å². The van der Waals surface area contributed by atoms with Crippen LogP contribution < -0.4 is 11.5 Å². The first kappa shape index (κ1) is 15.7. The Morgan fingerprint density at radius 1 is 1.53 bits per heavy atom. The van der Waals surface area contributed by atoms with Crippen molar-refractivity contribution < 1.29 is 0 Å². The zero-order valence-electron chi connectivity index (χ0n) is 11.3. The standard InChI is InChI=1S/C13H26N4/c1-5-12(10-14)9-11(3)17(6-2)8-7-13(15)16-4/h6-8,11-12H,2,5,9-10,14H2,1,3-4H3,(H2,15,16)/b8-7-. The highest BCUT2D eigenvalue weighted by Gasteiger charge is 2.12. The first-order valence-electron chi connectivity index (χ1n) is 6.09. The largest absolute Gasteiger partial charge is 0.384 e. The Kier molecular flexibility index (Phi) is 8.15. The summed E-state index contributed by atoms with van der Waals surface area (Å²) in [6.45, 7) is 8.86. The fourth-order valence-corrected chi connectivity index (χ4v) is 1.66. The molecule has 0 aromatic heterocycles. The van der Waals surface area contributed by atoms with Gasteiger partial charge in [0.2, 0.25) is 0 Å². The Bertz CT molecular complexity index is 267. The zero-order valence-corrected chi connectivity index (χ0v) is 11.3. The summed E-state index contributed by atoms with van der Waals surface area (Å²) in [6.07, 6.45) is 7.64. The SMILES string of the molecule is C=CN(/C=C\C(N)=NC)C(C)CC(CC)CN. The molecule has 0 rings (SSSR count). The third-order valence-electron chi connectivity index (χ3n) is 2.98. The van der Waals surface area contributed by atoms with Crippen LogP contribution in [-0.4, -0.2) is 30.4 Å². The Hall–Kier alpha value is -1.29. The van der Waals surface area contributed by atoms with Crippen molar-refractivity contribution >= 4 is 5.84 Å². The van der Waals surface area contributed by atoms with E-state index in [9.17, 15) is 0 Å². The van der Waals surface area contributed by atoms with Gasteiger partial charge in [0, 0.05) is 19.3 Å². The Morgan fingerprint density at radius 2 is 2.18 bits per heavy atom. The highest BCUT2D eigenvalue weighted by atomic mass is 15.1. The van der Waals surface area contributed by atoms with E-state index in [4.69, 9.17) is 11.5 Å². The van der Waals surface area contributed by atoms with Crippen LogP contribution in [0.5, 0.6) is 0 Å². The fourth-order valence-electron chi connectivity index (χ4n) is 1.66. The van der Waals surface area contributed by atoms with E-state index >= 15 is 0 Å². The van der Waals surface area contributed by atoms with Gasteiger partial charge in [-0.25, -0.2) is 0 Å². The van der Waals surface area contributed by atoms with Gasteiger partial charge in [0.05, 0.1) is 0 Å². The smallest absolute Gasteiger partial charge is 0.119 e. The molecule has 0 fully saturated rings. The average molecular weight is 238 g/mol. The van der Waals surface area contributed by atoms with E-state index in [1.807, 2.05) is 11.1 Å². The van der Waals surface area contributed by atoms with Crippen LogP contribution in [0.4, 0.5) is 0 Å². The average Bonchev–Trinajstić information content (AvgIpc) is 2.36. The minimum atomic E-state index is 0.363. The topological polar surface area (TPSA) is 67.6 Å². The van der Waals surface area contributed by atoms with Crippen molar-refractivity contribution in [2.45, 2.75) is 32.7 Å². The number of aliphatic imine (C=N–C) groups is 1. The summed E-state index contributed by atoms with van der Waals surface area (Å²) >= 11 is 0. The molecular weight excluding hydrogens is 212 g/mol. The molecule has 0 bridgehead atoms. The maximum atomic E-state index is 5.72. The minimum Gasteiger partial charge on any atom is -0.384 e. The van der Waals surface area contributed by atoms with Crippen molar-refractivity contribution in [3.8, 4) is 0 Å². The summed E-state index contributed by atoms with van der Waals surface area (Å²) in [5.41, 5.74) is 11.3. The van der Waals surface area contributed by atoms with Gasteiger partial charge in [0.25, 0.3) is 0 Å². The lowest BCUT2D eigenvalue weighted by molar-refractivity contribution is 0.311. The maximum Gasteiger partial charge on any atom is 0.119 e. The molecule has 0 heterocycles. The van der Waals surface area contributed by atoms with Gasteiger partial charge in [-0.2, -0.15) is 0 Å². The van der Waals surface area contributed by atoms with Crippen LogP contribution in [0.25, 0.3) is 0 Å². The second-order valence-corrected chi connectivity index (χ2v) is 4.19. The normalized spacial score (nSPS) is 15.9. The molecule has 2 unspecified atom stereocenters. The molecule has 0 aromatic rings. The summed E-state index contributed by atoms with van der Waals surface area (Å²) in [7, 11) is 1.67. The highest BCUT2D eigenvalue weighted by Crippen LogP contribution is 2.14. The molecule has 4 nitrogen and oxygen atoms in total. The molecule has 4 N–H and O–H groups in total. The number of nitrogens with zero attached hydrogens (tertiary/aromatic N) is 2. The lowest BCUT2D eigenvalue weighted by Crippen LogP contribution is -2.28. The number of rotatable bonds is 8. The Morgan fingerprint density at radius 3 is 2.59 bits per heavy atom. The van der Waals surface area contributed by atoms with Crippen LogP contribution in [0, 0.1) is 5.92 Å². The van der Waals surface area contributed by atoms with Crippen molar-refractivity contribution in [1.82, 2.24) is 4.90 Å². The molecule has 2 atom stereocenters. The second-order valence-electron chi connectivity index (χ2n) is 4.19. The number of nitrogens with two attached hydrogens (primary N) is 2. The lowest BCUT2D eigenvalue weighted by atomic mass is 9.98. The third kappa shape index (κ3) is 6.12. The maximum absolute atomic E-state index is 5.72. The van der Waals surface area contributed by atoms with E-state index in [1.54, 1.807) is 19.3 Å². The van der Waals surface area contributed by atoms with Crippen LogP contribution in [0.2, 0.25) is 0 Å². The van der Waals surface area contributed by atoms with Gasteiger partial charge in [-0.05, 0) is 38.1 Å². The van der Waals surface area contributed by atoms with Gasteiger partial charge >= 0.3 is 0 Å². The fraction of sp³-hybridized carbons (Fsp3) is 0.615. The van der Waals surface area contributed by atoms with Crippen LogP contribution in [0.3, 0.4) is 0 Å². The molecule has 0 radical (unpaired) electrons. The van der Waals surface area contributed by atoms with Crippen LogP contribution in [0.1, 0.15) is 26.7 Å². The first-order chi connectivity index (χ1) is 8.08. The molecule has 0 aliphatic heterocycles. The summed E-state index contributed by atoms with van der Waals surface area (Å²) in [5.74, 6) is 1.06. The predicted molar refractivity (Wildman–Crippen MR) is 75.6 cm³/mol. The summed E-state index contributed by atoms with van der Waals surface area (Å²) in [4.78, 5) is 5.91. The molecule has 4 heteroatoms. The lowest BCUT2D eigenvalue weighted by Gasteiger charge is -2.27. The second kappa shape index (κ2) is 8.82.